The molecule has 140 valence electrons. The molecule has 0 aliphatic carbocycles. The van der Waals surface area contributed by atoms with Gasteiger partial charge in [-0.25, -0.2) is 0 Å². The van der Waals surface area contributed by atoms with Crippen molar-refractivity contribution < 1.29 is 9.53 Å². The van der Waals surface area contributed by atoms with Crippen LogP contribution >= 0.6 is 11.7 Å². The highest BCUT2D eigenvalue weighted by Gasteiger charge is 2.17. The number of benzene rings is 2. The van der Waals surface area contributed by atoms with Gasteiger partial charge in [0.1, 0.15) is 11.0 Å². The molecule has 4 rings (SSSR count). The number of fused-ring (bicyclic) bond motifs is 1. The summed E-state index contributed by atoms with van der Waals surface area (Å²) >= 11 is 1.12. The van der Waals surface area contributed by atoms with E-state index in [1.165, 1.54) is 5.56 Å². The normalized spacial score (nSPS) is 17.9. The van der Waals surface area contributed by atoms with Gasteiger partial charge in [0.2, 0.25) is 0 Å². The number of aromatic nitrogens is 2. The molecule has 1 aliphatic rings. The fraction of sp³-hybridized carbons (Fsp3) is 0.350. The molecular weight excluding hydrogens is 360 g/mol. The molecule has 2 heterocycles. The van der Waals surface area contributed by atoms with Crippen molar-refractivity contribution in [2.24, 2.45) is 0 Å². The molecule has 0 radical (unpaired) electrons. The number of nitrogens with zero attached hydrogens (tertiary/aromatic N) is 3. The highest BCUT2D eigenvalue weighted by Crippen LogP contribution is 2.17. The molecule has 0 saturated carbocycles. The number of morpholine rings is 1. The van der Waals surface area contributed by atoms with Crippen molar-refractivity contribution in [3.8, 4) is 0 Å². The Labute approximate surface area is 162 Å². The Kier molecular flexibility index (Phi) is 5.42. The molecule has 3 aromatic rings. The Balaban J connectivity index is 1.39. The standard InChI is InChI=1S/C20H22N4O2S/c1-14-12-24(8-9-26-14)13-16-5-2-4-15(10-16)11-21-20(25)17-6-3-7-18-19(17)23-27-22-18/h2-7,10,14H,8-9,11-13H2,1H3,(H,21,25). The average Bonchev–Trinajstić information content (AvgIpc) is 3.15. The van der Waals surface area contributed by atoms with Gasteiger partial charge < -0.3 is 10.1 Å². The van der Waals surface area contributed by atoms with Gasteiger partial charge >= 0.3 is 0 Å². The number of nitrogens with one attached hydrogen (secondary N) is 1. The summed E-state index contributed by atoms with van der Waals surface area (Å²) < 4.78 is 14.0. The largest absolute Gasteiger partial charge is 0.376 e. The lowest BCUT2D eigenvalue weighted by molar-refractivity contribution is -0.0212. The minimum absolute atomic E-state index is 0.124. The maximum atomic E-state index is 12.6. The van der Waals surface area contributed by atoms with Crippen LogP contribution in [0.25, 0.3) is 11.0 Å². The molecular formula is C20H22N4O2S. The molecule has 1 fully saturated rings. The average molecular weight is 382 g/mol. The van der Waals surface area contributed by atoms with Crippen LogP contribution < -0.4 is 5.32 Å². The second-order valence-corrected chi connectivity index (χ2v) is 7.39. The Hall–Kier alpha value is -2.35. The second-order valence-electron chi connectivity index (χ2n) is 6.86. The Morgan fingerprint density at radius 2 is 2.11 bits per heavy atom. The zero-order chi connectivity index (χ0) is 18.6. The van der Waals surface area contributed by atoms with Gasteiger partial charge in [-0.2, -0.15) is 8.75 Å². The predicted octanol–water partition coefficient (Wildman–Crippen LogP) is 2.84. The molecule has 1 aromatic heterocycles. The number of rotatable bonds is 5. The minimum Gasteiger partial charge on any atom is -0.376 e. The Morgan fingerprint density at radius 3 is 3.00 bits per heavy atom. The maximum absolute atomic E-state index is 12.6. The number of hydrogen-bond acceptors (Lipinski definition) is 6. The summed E-state index contributed by atoms with van der Waals surface area (Å²) in [7, 11) is 0. The smallest absolute Gasteiger partial charge is 0.253 e. The van der Waals surface area contributed by atoms with Crippen molar-refractivity contribution in [2.75, 3.05) is 19.7 Å². The summed E-state index contributed by atoms with van der Waals surface area (Å²) in [4.78, 5) is 15.0. The summed E-state index contributed by atoms with van der Waals surface area (Å²) in [6.45, 7) is 6.19. The fourth-order valence-corrected chi connectivity index (χ4v) is 3.95. The van der Waals surface area contributed by atoms with Crippen LogP contribution in [0.15, 0.2) is 42.5 Å². The molecule has 7 heteroatoms. The van der Waals surface area contributed by atoms with Crippen LogP contribution in [0.2, 0.25) is 0 Å². The lowest BCUT2D eigenvalue weighted by Gasteiger charge is -2.31. The number of amides is 1. The summed E-state index contributed by atoms with van der Waals surface area (Å²) in [6, 6.07) is 13.9. The third kappa shape index (κ3) is 4.32. The molecule has 27 heavy (non-hydrogen) atoms. The van der Waals surface area contributed by atoms with E-state index in [9.17, 15) is 4.79 Å². The lowest BCUT2D eigenvalue weighted by Crippen LogP contribution is -2.40. The summed E-state index contributed by atoms with van der Waals surface area (Å²) in [5, 5.41) is 3.00. The highest BCUT2D eigenvalue weighted by atomic mass is 32.1. The van der Waals surface area contributed by atoms with Gasteiger partial charge in [-0.1, -0.05) is 30.3 Å². The van der Waals surface area contributed by atoms with Crippen molar-refractivity contribution in [1.82, 2.24) is 19.0 Å². The first-order chi connectivity index (χ1) is 13.2. The van der Waals surface area contributed by atoms with Gasteiger partial charge in [0.15, 0.2) is 0 Å². The van der Waals surface area contributed by atoms with E-state index in [4.69, 9.17) is 4.74 Å². The van der Waals surface area contributed by atoms with Gasteiger partial charge in [-0.3, -0.25) is 9.69 Å². The summed E-state index contributed by atoms with van der Waals surface area (Å²) in [5.74, 6) is -0.124. The molecule has 1 atom stereocenters. The summed E-state index contributed by atoms with van der Waals surface area (Å²) in [6.07, 6.45) is 0.282. The van der Waals surface area contributed by atoms with Gasteiger partial charge in [0, 0.05) is 26.2 Å². The van der Waals surface area contributed by atoms with Crippen LogP contribution in [0, 0.1) is 0 Å². The maximum Gasteiger partial charge on any atom is 0.253 e. The molecule has 1 N–H and O–H groups in total. The van der Waals surface area contributed by atoms with E-state index in [0.717, 1.165) is 49.0 Å². The highest BCUT2D eigenvalue weighted by molar-refractivity contribution is 7.00. The molecule has 0 bridgehead atoms. The first-order valence-electron chi connectivity index (χ1n) is 9.10. The fourth-order valence-electron chi connectivity index (χ4n) is 3.40. The van der Waals surface area contributed by atoms with Gasteiger partial charge in [-0.05, 0) is 30.2 Å². The van der Waals surface area contributed by atoms with E-state index in [1.54, 1.807) is 6.07 Å². The molecule has 0 spiro atoms. The Bertz CT molecular complexity index is 942. The van der Waals surface area contributed by atoms with Gasteiger partial charge in [-0.15, -0.1) is 0 Å². The number of hydrogen-bond donors (Lipinski definition) is 1. The zero-order valence-corrected chi connectivity index (χ0v) is 16.0. The van der Waals surface area contributed by atoms with E-state index >= 15 is 0 Å². The third-order valence-electron chi connectivity index (χ3n) is 4.71. The predicted molar refractivity (Wildman–Crippen MR) is 106 cm³/mol. The van der Waals surface area contributed by atoms with E-state index < -0.39 is 0 Å². The van der Waals surface area contributed by atoms with Crippen molar-refractivity contribution in [3.63, 3.8) is 0 Å². The summed E-state index contributed by atoms with van der Waals surface area (Å²) in [5.41, 5.74) is 4.33. The van der Waals surface area contributed by atoms with E-state index in [2.05, 4.69) is 38.0 Å². The van der Waals surface area contributed by atoms with Crippen molar-refractivity contribution >= 4 is 28.7 Å². The molecule has 2 aromatic carbocycles. The quantitative estimate of drug-likeness (QED) is 0.735. The van der Waals surface area contributed by atoms with Gasteiger partial charge in [0.05, 0.1) is 30.0 Å². The van der Waals surface area contributed by atoms with Crippen LogP contribution in [0.3, 0.4) is 0 Å². The molecule has 1 aliphatic heterocycles. The first kappa shape index (κ1) is 18.0. The topological polar surface area (TPSA) is 67.4 Å². The molecule has 1 amide bonds. The van der Waals surface area contributed by atoms with Crippen LogP contribution in [-0.2, 0) is 17.8 Å². The van der Waals surface area contributed by atoms with Crippen LogP contribution in [0.5, 0.6) is 0 Å². The number of ether oxygens (including phenoxy) is 1. The van der Waals surface area contributed by atoms with E-state index in [0.29, 0.717) is 17.6 Å². The zero-order valence-electron chi connectivity index (χ0n) is 15.2. The minimum atomic E-state index is -0.124. The third-order valence-corrected chi connectivity index (χ3v) is 5.25. The monoisotopic (exact) mass is 382 g/mol. The SMILES string of the molecule is CC1CN(Cc2cccc(CNC(=O)c3cccc4nsnc34)c2)CCO1. The lowest BCUT2D eigenvalue weighted by atomic mass is 10.1. The van der Waals surface area contributed by atoms with Crippen LogP contribution in [-0.4, -0.2) is 45.4 Å². The van der Waals surface area contributed by atoms with Crippen molar-refractivity contribution in [2.45, 2.75) is 26.1 Å². The van der Waals surface area contributed by atoms with E-state index in [1.807, 2.05) is 24.3 Å². The molecule has 6 nitrogen and oxygen atoms in total. The number of carbonyl (C=O) groups is 1. The Morgan fingerprint density at radius 1 is 1.26 bits per heavy atom. The first-order valence-corrected chi connectivity index (χ1v) is 9.83. The number of carbonyl (C=O) groups excluding carboxylic acids is 1. The van der Waals surface area contributed by atoms with Crippen LogP contribution in [0.4, 0.5) is 0 Å². The second kappa shape index (κ2) is 8.12. The van der Waals surface area contributed by atoms with Crippen LogP contribution in [0.1, 0.15) is 28.4 Å². The molecule has 1 unspecified atom stereocenters. The van der Waals surface area contributed by atoms with Crippen molar-refractivity contribution in [3.05, 3.63) is 59.2 Å². The van der Waals surface area contributed by atoms with Crippen molar-refractivity contribution in [1.29, 1.82) is 0 Å². The molecule has 1 saturated heterocycles. The van der Waals surface area contributed by atoms with E-state index in [-0.39, 0.29) is 12.0 Å². The van der Waals surface area contributed by atoms with Gasteiger partial charge in [0.25, 0.3) is 5.91 Å².